The summed E-state index contributed by atoms with van der Waals surface area (Å²) in [6.45, 7) is 6.21. The summed E-state index contributed by atoms with van der Waals surface area (Å²) >= 11 is 0. The number of nitrogens with zero attached hydrogens (tertiary/aromatic N) is 4. The lowest BCUT2D eigenvalue weighted by atomic mass is 9.99. The third kappa shape index (κ3) is 6.05. The van der Waals surface area contributed by atoms with Gasteiger partial charge in [-0.3, -0.25) is 9.58 Å². The van der Waals surface area contributed by atoms with Gasteiger partial charge in [-0.25, -0.2) is 4.79 Å². The quantitative estimate of drug-likeness (QED) is 0.753. The summed E-state index contributed by atoms with van der Waals surface area (Å²) in [6.07, 6.45) is -2.43. The van der Waals surface area contributed by atoms with Gasteiger partial charge < -0.3 is 14.3 Å². The van der Waals surface area contributed by atoms with E-state index in [2.05, 4.69) is 21.3 Å². The van der Waals surface area contributed by atoms with Crippen LogP contribution in [0.1, 0.15) is 41.7 Å². The minimum atomic E-state index is -5.08. The van der Waals surface area contributed by atoms with Crippen molar-refractivity contribution in [1.29, 1.82) is 0 Å². The average molecular weight is 430 g/mol. The summed E-state index contributed by atoms with van der Waals surface area (Å²) in [5.74, 6) is 0.333. The molecule has 0 amide bonds. The second-order valence-electron chi connectivity index (χ2n) is 7.71. The fourth-order valence-corrected chi connectivity index (χ4v) is 3.40. The molecular weight excluding hydrogens is 405 g/mol. The molecule has 0 aromatic carbocycles. The van der Waals surface area contributed by atoms with E-state index >= 15 is 0 Å². The van der Waals surface area contributed by atoms with Crippen molar-refractivity contribution in [3.8, 4) is 0 Å². The van der Waals surface area contributed by atoms with E-state index in [1.165, 1.54) is 18.5 Å². The van der Waals surface area contributed by atoms with Crippen molar-refractivity contribution in [2.24, 2.45) is 13.0 Å². The number of rotatable bonds is 6. The molecular formula is C19H25F3N4O4. The Bertz CT molecular complexity index is 860. The minimum absolute atomic E-state index is 0.327. The molecule has 0 bridgehead atoms. The molecule has 1 aliphatic heterocycles. The number of hydrogen-bond acceptors (Lipinski definition) is 6. The lowest BCUT2D eigenvalue weighted by Crippen LogP contribution is -2.36. The predicted molar refractivity (Wildman–Crippen MR) is 98.5 cm³/mol. The first-order chi connectivity index (χ1) is 14.1. The number of carboxylic acids is 1. The van der Waals surface area contributed by atoms with Crippen molar-refractivity contribution in [2.75, 3.05) is 19.8 Å². The first-order valence-electron chi connectivity index (χ1n) is 9.67. The van der Waals surface area contributed by atoms with Crippen LogP contribution in [0, 0.1) is 12.8 Å². The normalized spacial score (nSPS) is 19.2. The van der Waals surface area contributed by atoms with Crippen LogP contribution in [0.5, 0.6) is 0 Å². The standard InChI is InChI=1S/C17H24N4O2.C2HF3O2/c1-12-3-6-15(23-12)8-21-7-14(11-22-10-13-4-5-13)17-16(9-21)18-19-20(17)2;3-2(4,5)1(6)7/h3,6,13-14H,4-5,7-11H2,1-2H3;(H,6,7). The van der Waals surface area contributed by atoms with Gasteiger partial charge in [0.05, 0.1) is 18.8 Å². The molecule has 0 radical (unpaired) electrons. The number of aryl methyl sites for hydroxylation is 2. The molecule has 0 saturated heterocycles. The number of carbonyl (C=O) groups is 1. The van der Waals surface area contributed by atoms with Crippen LogP contribution in [0.25, 0.3) is 0 Å². The summed E-state index contributed by atoms with van der Waals surface area (Å²) in [5.41, 5.74) is 2.30. The van der Waals surface area contributed by atoms with Crippen LogP contribution < -0.4 is 0 Å². The van der Waals surface area contributed by atoms with E-state index in [0.29, 0.717) is 5.92 Å². The molecule has 8 nitrogen and oxygen atoms in total. The lowest BCUT2D eigenvalue weighted by molar-refractivity contribution is -0.192. The Kier molecular flexibility index (Phi) is 6.81. The van der Waals surface area contributed by atoms with Gasteiger partial charge >= 0.3 is 12.1 Å². The largest absolute Gasteiger partial charge is 0.490 e. The Labute approximate surface area is 171 Å². The van der Waals surface area contributed by atoms with Gasteiger partial charge in [0.1, 0.15) is 17.2 Å². The summed E-state index contributed by atoms with van der Waals surface area (Å²) in [6, 6.07) is 4.07. The average Bonchev–Trinajstić information content (AvgIpc) is 3.28. The highest BCUT2D eigenvalue weighted by Gasteiger charge is 2.38. The first-order valence-corrected chi connectivity index (χ1v) is 9.67. The van der Waals surface area contributed by atoms with Crippen LogP contribution >= 0.6 is 0 Å². The van der Waals surface area contributed by atoms with Gasteiger partial charge in [-0.05, 0) is 37.8 Å². The van der Waals surface area contributed by atoms with Crippen molar-refractivity contribution in [1.82, 2.24) is 19.9 Å². The molecule has 4 rings (SSSR count). The van der Waals surface area contributed by atoms with Crippen LogP contribution in [0.3, 0.4) is 0 Å². The first kappa shape index (κ1) is 22.3. The number of carboxylic acid groups (broad SMARTS) is 1. The zero-order valence-electron chi connectivity index (χ0n) is 16.9. The summed E-state index contributed by atoms with van der Waals surface area (Å²) < 4.78 is 45.3. The molecule has 2 aromatic heterocycles. The Hall–Kier alpha value is -2.40. The van der Waals surface area contributed by atoms with Crippen LogP contribution in [-0.2, 0) is 29.7 Å². The number of ether oxygens (including phenoxy) is 1. The van der Waals surface area contributed by atoms with Gasteiger partial charge in [0.25, 0.3) is 0 Å². The minimum Gasteiger partial charge on any atom is -0.475 e. The van der Waals surface area contributed by atoms with Crippen LogP contribution in [0.4, 0.5) is 13.2 Å². The Morgan fingerprint density at radius 1 is 1.33 bits per heavy atom. The van der Waals surface area contributed by atoms with Gasteiger partial charge in [0.15, 0.2) is 0 Å². The summed E-state index contributed by atoms with van der Waals surface area (Å²) in [5, 5.41) is 15.7. The molecule has 30 heavy (non-hydrogen) atoms. The molecule has 3 heterocycles. The van der Waals surface area contributed by atoms with Gasteiger partial charge in [0.2, 0.25) is 0 Å². The number of furan rings is 1. The number of alkyl halides is 3. The maximum Gasteiger partial charge on any atom is 0.490 e. The molecule has 1 N–H and O–H groups in total. The van der Waals surface area contributed by atoms with E-state index in [1.54, 1.807) is 0 Å². The SMILES string of the molecule is Cc1ccc(CN2Cc3nnn(C)c3C(COCC3CC3)C2)o1.O=C(O)C(F)(F)F. The Morgan fingerprint density at radius 3 is 2.60 bits per heavy atom. The Balaban J connectivity index is 0.000000318. The molecule has 0 spiro atoms. The van der Waals surface area contributed by atoms with Crippen molar-refractivity contribution < 1.29 is 32.2 Å². The highest BCUT2D eigenvalue weighted by atomic mass is 19.4. The van der Waals surface area contributed by atoms with E-state index < -0.39 is 12.1 Å². The maximum atomic E-state index is 10.6. The molecule has 2 aliphatic rings. The number of fused-ring (bicyclic) bond motifs is 1. The van der Waals surface area contributed by atoms with Crippen molar-refractivity contribution >= 4 is 5.97 Å². The van der Waals surface area contributed by atoms with E-state index in [9.17, 15) is 13.2 Å². The van der Waals surface area contributed by atoms with Crippen LogP contribution in [0.15, 0.2) is 16.5 Å². The highest BCUT2D eigenvalue weighted by Crippen LogP contribution is 2.31. The van der Waals surface area contributed by atoms with Crippen molar-refractivity contribution in [2.45, 2.75) is 44.9 Å². The second-order valence-corrected chi connectivity index (χ2v) is 7.71. The highest BCUT2D eigenvalue weighted by molar-refractivity contribution is 5.73. The number of hydrogen-bond donors (Lipinski definition) is 1. The van der Waals surface area contributed by atoms with Gasteiger partial charge in [-0.15, -0.1) is 5.10 Å². The third-order valence-corrected chi connectivity index (χ3v) is 4.97. The molecule has 2 aromatic rings. The fourth-order valence-electron chi connectivity index (χ4n) is 3.40. The number of aliphatic carboxylic acids is 1. The molecule has 166 valence electrons. The maximum absolute atomic E-state index is 10.6. The molecule has 1 atom stereocenters. The Morgan fingerprint density at radius 2 is 2.03 bits per heavy atom. The summed E-state index contributed by atoms with van der Waals surface area (Å²) in [7, 11) is 1.98. The zero-order chi connectivity index (χ0) is 21.9. The fraction of sp³-hybridized carbons (Fsp3) is 0.632. The molecule has 1 saturated carbocycles. The van der Waals surface area contributed by atoms with Crippen LogP contribution in [-0.4, -0.2) is 56.9 Å². The van der Waals surface area contributed by atoms with Gasteiger partial charge in [-0.2, -0.15) is 13.2 Å². The van der Waals surface area contributed by atoms with Gasteiger partial charge in [0, 0.05) is 32.7 Å². The van der Waals surface area contributed by atoms with Crippen LogP contribution in [0.2, 0.25) is 0 Å². The zero-order valence-corrected chi connectivity index (χ0v) is 16.9. The smallest absolute Gasteiger partial charge is 0.475 e. The summed E-state index contributed by atoms with van der Waals surface area (Å²) in [4.78, 5) is 11.3. The van der Waals surface area contributed by atoms with E-state index in [4.69, 9.17) is 19.1 Å². The topological polar surface area (TPSA) is 93.6 Å². The monoisotopic (exact) mass is 430 g/mol. The predicted octanol–water partition coefficient (Wildman–Crippen LogP) is 2.88. The van der Waals surface area contributed by atoms with Crippen molar-refractivity contribution in [3.63, 3.8) is 0 Å². The van der Waals surface area contributed by atoms with E-state index in [-0.39, 0.29) is 0 Å². The molecule has 1 aliphatic carbocycles. The van der Waals surface area contributed by atoms with Gasteiger partial charge in [-0.1, -0.05) is 5.21 Å². The number of aromatic nitrogens is 3. The van der Waals surface area contributed by atoms with Crippen molar-refractivity contribution in [3.05, 3.63) is 35.0 Å². The molecule has 11 heteroatoms. The molecule has 1 unspecified atom stereocenters. The molecule has 1 fully saturated rings. The van der Waals surface area contributed by atoms with E-state index in [0.717, 1.165) is 56.0 Å². The second kappa shape index (κ2) is 9.17. The lowest BCUT2D eigenvalue weighted by Gasteiger charge is -2.31. The third-order valence-electron chi connectivity index (χ3n) is 4.97. The van der Waals surface area contributed by atoms with E-state index in [1.807, 2.05) is 24.7 Å². The number of halogens is 3.